The molecule has 19 heavy (non-hydrogen) atoms. The first-order valence-corrected chi connectivity index (χ1v) is 5.88. The topological polar surface area (TPSA) is 91.2 Å². The van der Waals surface area contributed by atoms with Crippen LogP contribution in [0.3, 0.4) is 0 Å². The fraction of sp³-hybridized carbons (Fsp3) is 0.308. The molecule has 1 aliphatic heterocycles. The van der Waals surface area contributed by atoms with E-state index in [9.17, 15) is 9.59 Å². The molecule has 0 unspecified atom stereocenters. The molecule has 1 heterocycles. The van der Waals surface area contributed by atoms with Gasteiger partial charge in [-0.15, -0.1) is 0 Å². The number of fused-ring (bicyclic) bond motifs is 1. The Bertz CT molecular complexity index is 549. The highest BCUT2D eigenvalue weighted by Gasteiger charge is 2.14. The molecule has 0 aromatic heterocycles. The molecule has 0 fully saturated rings. The second-order valence-electron chi connectivity index (χ2n) is 4.09. The molecule has 0 saturated carbocycles. The van der Waals surface area contributed by atoms with Crippen LogP contribution < -0.4 is 15.4 Å². The van der Waals surface area contributed by atoms with Gasteiger partial charge >= 0.3 is 0 Å². The Labute approximate surface area is 110 Å². The van der Waals surface area contributed by atoms with Crippen molar-refractivity contribution in [3.63, 3.8) is 0 Å². The fourth-order valence-corrected chi connectivity index (χ4v) is 1.76. The number of benzene rings is 1. The van der Waals surface area contributed by atoms with Gasteiger partial charge in [-0.3, -0.25) is 9.59 Å². The average Bonchev–Trinajstić information content (AvgIpc) is 2.56. The molecule has 1 aromatic carbocycles. The van der Waals surface area contributed by atoms with E-state index in [0.29, 0.717) is 24.5 Å². The number of nitriles is 1. The molecule has 0 aliphatic carbocycles. The molecule has 2 N–H and O–H groups in total. The van der Waals surface area contributed by atoms with Gasteiger partial charge in [-0.1, -0.05) is 6.07 Å². The van der Waals surface area contributed by atoms with Crippen molar-refractivity contribution < 1.29 is 14.3 Å². The first-order valence-electron chi connectivity index (χ1n) is 5.88. The smallest absolute Gasteiger partial charge is 0.227 e. The van der Waals surface area contributed by atoms with Gasteiger partial charge in [0.2, 0.25) is 11.8 Å². The summed E-state index contributed by atoms with van der Waals surface area (Å²) in [7, 11) is 0. The van der Waals surface area contributed by atoms with Crippen LogP contribution in [0.2, 0.25) is 0 Å². The highest BCUT2D eigenvalue weighted by molar-refractivity contribution is 5.93. The molecule has 2 rings (SSSR count). The number of amides is 2. The number of rotatable bonds is 3. The van der Waals surface area contributed by atoms with Crippen LogP contribution in [0.1, 0.15) is 12.0 Å². The number of nitrogens with zero attached hydrogens (tertiary/aromatic N) is 1. The molecule has 1 aliphatic rings. The molecule has 0 bridgehead atoms. The maximum absolute atomic E-state index is 11.5. The van der Waals surface area contributed by atoms with E-state index < -0.39 is 0 Å². The van der Waals surface area contributed by atoms with Crippen LogP contribution >= 0.6 is 0 Å². The van der Waals surface area contributed by atoms with E-state index in [1.54, 1.807) is 18.2 Å². The van der Waals surface area contributed by atoms with Crippen LogP contribution in [-0.4, -0.2) is 25.0 Å². The van der Waals surface area contributed by atoms with Gasteiger partial charge in [-0.2, -0.15) is 5.26 Å². The van der Waals surface area contributed by atoms with Crippen LogP contribution in [-0.2, 0) is 16.0 Å². The number of carbonyl (C=O) groups excluding carboxylic acids is 2. The standard InChI is InChI=1S/C13H13N3O3/c14-4-5-15-13(18)8-9-1-2-11-10(7-9)16-12(17)3-6-19-11/h1-2,7H,3,5-6,8H2,(H,15,18)(H,16,17). The molecular formula is C13H13N3O3. The molecule has 6 heteroatoms. The summed E-state index contributed by atoms with van der Waals surface area (Å²) in [5.41, 5.74) is 1.33. The third-order valence-electron chi connectivity index (χ3n) is 2.63. The Morgan fingerprint density at radius 1 is 1.53 bits per heavy atom. The molecule has 6 nitrogen and oxygen atoms in total. The van der Waals surface area contributed by atoms with Gasteiger partial charge in [0.15, 0.2) is 0 Å². The Morgan fingerprint density at radius 2 is 2.37 bits per heavy atom. The lowest BCUT2D eigenvalue weighted by atomic mass is 10.1. The van der Waals surface area contributed by atoms with E-state index in [1.807, 2.05) is 6.07 Å². The highest BCUT2D eigenvalue weighted by Crippen LogP contribution is 2.28. The van der Waals surface area contributed by atoms with Crippen molar-refractivity contribution >= 4 is 17.5 Å². The number of nitrogens with one attached hydrogen (secondary N) is 2. The minimum atomic E-state index is -0.234. The van der Waals surface area contributed by atoms with Crippen molar-refractivity contribution in [3.8, 4) is 11.8 Å². The summed E-state index contributed by atoms with van der Waals surface area (Å²) in [4.78, 5) is 22.9. The number of carbonyl (C=O) groups is 2. The Morgan fingerprint density at radius 3 is 3.16 bits per heavy atom. The summed E-state index contributed by atoms with van der Waals surface area (Å²) >= 11 is 0. The minimum absolute atomic E-state index is 0.0103. The van der Waals surface area contributed by atoms with Crippen molar-refractivity contribution in [2.24, 2.45) is 0 Å². The summed E-state index contributed by atoms with van der Waals surface area (Å²) in [5.74, 6) is 0.263. The van der Waals surface area contributed by atoms with Crippen LogP contribution in [0.25, 0.3) is 0 Å². The SMILES string of the molecule is N#CCNC(=O)Cc1ccc2c(c1)NC(=O)CCO2. The zero-order valence-corrected chi connectivity index (χ0v) is 10.2. The average molecular weight is 259 g/mol. The van der Waals surface area contributed by atoms with E-state index in [1.165, 1.54) is 0 Å². The molecule has 98 valence electrons. The van der Waals surface area contributed by atoms with Gasteiger partial charge in [-0.25, -0.2) is 0 Å². The second-order valence-corrected chi connectivity index (χ2v) is 4.09. The van der Waals surface area contributed by atoms with Gasteiger partial charge in [-0.05, 0) is 17.7 Å². The lowest BCUT2D eigenvalue weighted by molar-refractivity contribution is -0.120. The molecule has 0 radical (unpaired) electrons. The largest absolute Gasteiger partial charge is 0.491 e. The fourth-order valence-electron chi connectivity index (χ4n) is 1.76. The van der Waals surface area contributed by atoms with Gasteiger partial charge in [0.05, 0.1) is 31.2 Å². The number of ether oxygens (including phenoxy) is 1. The van der Waals surface area contributed by atoms with Crippen LogP contribution in [0.5, 0.6) is 5.75 Å². The molecule has 1 aromatic rings. The van der Waals surface area contributed by atoms with Gasteiger partial charge in [0.1, 0.15) is 12.3 Å². The number of hydrogen-bond acceptors (Lipinski definition) is 4. The number of hydrogen-bond donors (Lipinski definition) is 2. The van der Waals surface area contributed by atoms with E-state index in [0.717, 1.165) is 5.56 Å². The summed E-state index contributed by atoms with van der Waals surface area (Å²) in [5, 5.41) is 13.6. The first kappa shape index (κ1) is 12.9. The lowest BCUT2D eigenvalue weighted by Crippen LogP contribution is -2.25. The van der Waals surface area contributed by atoms with E-state index in [4.69, 9.17) is 10.00 Å². The van der Waals surface area contributed by atoms with Crippen molar-refractivity contribution in [1.29, 1.82) is 5.26 Å². The Balaban J connectivity index is 2.10. The predicted molar refractivity (Wildman–Crippen MR) is 67.5 cm³/mol. The molecular weight excluding hydrogens is 246 g/mol. The van der Waals surface area contributed by atoms with Crippen molar-refractivity contribution in [2.45, 2.75) is 12.8 Å². The van der Waals surface area contributed by atoms with Crippen molar-refractivity contribution in [2.75, 3.05) is 18.5 Å². The van der Waals surface area contributed by atoms with E-state index in [-0.39, 0.29) is 24.8 Å². The van der Waals surface area contributed by atoms with Crippen molar-refractivity contribution in [1.82, 2.24) is 5.32 Å². The lowest BCUT2D eigenvalue weighted by Gasteiger charge is -2.09. The normalized spacial score (nSPS) is 13.3. The zero-order chi connectivity index (χ0) is 13.7. The van der Waals surface area contributed by atoms with E-state index in [2.05, 4.69) is 10.6 Å². The quantitative estimate of drug-likeness (QED) is 0.777. The Hall–Kier alpha value is -2.55. The third kappa shape index (κ3) is 3.45. The van der Waals surface area contributed by atoms with Crippen LogP contribution in [0.15, 0.2) is 18.2 Å². The summed E-state index contributed by atoms with van der Waals surface area (Å²) < 4.78 is 5.42. The molecule has 0 spiro atoms. The first-order chi connectivity index (χ1) is 9.19. The third-order valence-corrected chi connectivity index (χ3v) is 2.63. The predicted octanol–water partition coefficient (Wildman–Crippen LogP) is 0.590. The summed E-state index contributed by atoms with van der Waals surface area (Å²) in [6.45, 7) is 0.338. The van der Waals surface area contributed by atoms with Crippen LogP contribution in [0.4, 0.5) is 5.69 Å². The number of anilines is 1. The highest BCUT2D eigenvalue weighted by atomic mass is 16.5. The van der Waals surface area contributed by atoms with Crippen LogP contribution in [0, 0.1) is 11.3 Å². The monoisotopic (exact) mass is 259 g/mol. The summed E-state index contributed by atoms with van der Waals surface area (Å²) in [6, 6.07) is 7.05. The molecule has 2 amide bonds. The van der Waals surface area contributed by atoms with E-state index >= 15 is 0 Å². The Kier molecular flexibility index (Phi) is 3.98. The summed E-state index contributed by atoms with van der Waals surface area (Å²) in [6.07, 6.45) is 0.470. The molecule has 0 atom stereocenters. The second kappa shape index (κ2) is 5.87. The van der Waals surface area contributed by atoms with Gasteiger partial charge < -0.3 is 15.4 Å². The molecule has 0 saturated heterocycles. The minimum Gasteiger partial charge on any atom is -0.491 e. The van der Waals surface area contributed by atoms with Gasteiger partial charge in [0.25, 0.3) is 0 Å². The van der Waals surface area contributed by atoms with Gasteiger partial charge in [0, 0.05) is 0 Å². The zero-order valence-electron chi connectivity index (χ0n) is 10.2. The maximum Gasteiger partial charge on any atom is 0.227 e. The van der Waals surface area contributed by atoms with Crippen molar-refractivity contribution in [3.05, 3.63) is 23.8 Å². The maximum atomic E-state index is 11.5.